The molecule has 1 aliphatic carbocycles. The molecule has 208 valence electrons. The molecule has 2 amide bonds. The number of halogens is 5. The van der Waals surface area contributed by atoms with Crippen LogP contribution in [0.5, 0.6) is 0 Å². The van der Waals surface area contributed by atoms with E-state index in [9.17, 15) is 18.0 Å². The third kappa shape index (κ3) is 7.61. The molecule has 0 aliphatic heterocycles. The standard InChI is InChI=1S/C25H28Cl5N3O4S/c1-3-22(25(35)31-15-7-4-5-8-15)32(13-16-17(26)9-6-10-18(16)27)24(34)14-33(38(2,36)37)23-12-20(29)19(28)11-21(23)30/h6,9-12,15,22H,3-5,7-8,13-14H2,1-2H3,(H,31,35)/t22-/m0/s1. The number of carbonyl (C=O) groups excluding carboxylic acids is 2. The topological polar surface area (TPSA) is 86.8 Å². The largest absolute Gasteiger partial charge is 0.352 e. The van der Waals surface area contributed by atoms with Crippen LogP contribution in [0.4, 0.5) is 5.69 Å². The Kier molecular flexibility index (Phi) is 10.9. The second kappa shape index (κ2) is 13.3. The van der Waals surface area contributed by atoms with Gasteiger partial charge < -0.3 is 10.2 Å². The van der Waals surface area contributed by atoms with Gasteiger partial charge in [0.15, 0.2) is 0 Å². The number of amides is 2. The number of rotatable bonds is 10. The summed E-state index contributed by atoms with van der Waals surface area (Å²) in [7, 11) is -4.01. The van der Waals surface area contributed by atoms with Crippen LogP contribution in [0.1, 0.15) is 44.6 Å². The molecule has 0 unspecified atom stereocenters. The molecule has 2 aromatic rings. The van der Waals surface area contributed by atoms with Gasteiger partial charge in [-0.15, -0.1) is 0 Å². The highest BCUT2D eigenvalue weighted by Crippen LogP contribution is 2.36. The van der Waals surface area contributed by atoms with Gasteiger partial charge in [0.1, 0.15) is 12.6 Å². The first-order valence-corrected chi connectivity index (χ1v) is 15.7. The summed E-state index contributed by atoms with van der Waals surface area (Å²) in [5.41, 5.74) is 0.422. The van der Waals surface area contributed by atoms with E-state index in [-0.39, 0.29) is 45.7 Å². The van der Waals surface area contributed by atoms with E-state index in [4.69, 9.17) is 58.0 Å². The van der Waals surface area contributed by atoms with Gasteiger partial charge in [-0.2, -0.15) is 0 Å². The first-order valence-electron chi connectivity index (χ1n) is 12.0. The summed E-state index contributed by atoms with van der Waals surface area (Å²) in [4.78, 5) is 28.5. The van der Waals surface area contributed by atoms with E-state index in [2.05, 4.69) is 5.32 Å². The Morgan fingerprint density at radius 1 is 0.974 bits per heavy atom. The predicted octanol–water partition coefficient (Wildman–Crippen LogP) is 6.59. The maximum atomic E-state index is 13.9. The minimum atomic E-state index is -4.01. The lowest BCUT2D eigenvalue weighted by atomic mass is 10.1. The molecule has 3 rings (SSSR count). The molecule has 7 nitrogen and oxygen atoms in total. The zero-order valence-electron chi connectivity index (χ0n) is 20.8. The lowest BCUT2D eigenvalue weighted by Gasteiger charge is -2.34. The van der Waals surface area contributed by atoms with Gasteiger partial charge in [0, 0.05) is 28.2 Å². The molecule has 0 aromatic heterocycles. The normalized spacial score (nSPS) is 14.8. The van der Waals surface area contributed by atoms with Gasteiger partial charge in [0.05, 0.1) is 27.0 Å². The molecule has 0 radical (unpaired) electrons. The summed E-state index contributed by atoms with van der Waals surface area (Å²) in [5, 5.41) is 3.85. The fourth-order valence-corrected chi connectivity index (χ4v) is 6.50. The lowest BCUT2D eigenvalue weighted by Crippen LogP contribution is -2.53. The number of hydrogen-bond donors (Lipinski definition) is 1. The number of sulfonamides is 1. The Morgan fingerprint density at radius 2 is 1.55 bits per heavy atom. The van der Waals surface area contributed by atoms with Gasteiger partial charge in [-0.3, -0.25) is 13.9 Å². The third-order valence-corrected chi connectivity index (χ3v) is 9.27. The average Bonchev–Trinajstić information content (AvgIpc) is 3.34. The van der Waals surface area contributed by atoms with Crippen molar-refractivity contribution in [2.24, 2.45) is 0 Å². The summed E-state index contributed by atoms with van der Waals surface area (Å²) in [6.07, 6.45) is 4.99. The second-order valence-electron chi connectivity index (χ2n) is 9.12. The van der Waals surface area contributed by atoms with Crippen molar-refractivity contribution in [2.75, 3.05) is 17.1 Å². The smallest absolute Gasteiger partial charge is 0.244 e. The highest BCUT2D eigenvalue weighted by atomic mass is 35.5. The Morgan fingerprint density at radius 3 is 2.11 bits per heavy atom. The minimum Gasteiger partial charge on any atom is -0.352 e. The number of benzene rings is 2. The molecule has 2 aromatic carbocycles. The van der Waals surface area contributed by atoms with Crippen molar-refractivity contribution in [3.63, 3.8) is 0 Å². The summed E-state index contributed by atoms with van der Waals surface area (Å²) >= 11 is 31.2. The Bertz CT molecular complexity index is 1280. The van der Waals surface area contributed by atoms with Crippen LogP contribution in [0.15, 0.2) is 30.3 Å². The number of hydrogen-bond acceptors (Lipinski definition) is 4. The summed E-state index contributed by atoms with van der Waals surface area (Å²) in [5.74, 6) is -0.976. The van der Waals surface area contributed by atoms with Crippen LogP contribution >= 0.6 is 58.0 Å². The van der Waals surface area contributed by atoms with Gasteiger partial charge in [-0.25, -0.2) is 8.42 Å². The number of nitrogens with one attached hydrogen (secondary N) is 1. The van der Waals surface area contributed by atoms with E-state index in [0.29, 0.717) is 15.6 Å². The summed E-state index contributed by atoms with van der Waals surface area (Å²) in [6, 6.07) is 6.63. The molecule has 1 aliphatic rings. The summed E-state index contributed by atoms with van der Waals surface area (Å²) < 4.78 is 26.5. The minimum absolute atomic E-state index is 0.00987. The van der Waals surface area contributed by atoms with Gasteiger partial charge in [-0.05, 0) is 43.5 Å². The van der Waals surface area contributed by atoms with E-state index in [0.717, 1.165) is 36.2 Å². The first kappa shape index (κ1) is 31.1. The molecule has 1 N–H and O–H groups in total. The average molecular weight is 644 g/mol. The van der Waals surface area contributed by atoms with Crippen molar-refractivity contribution in [1.82, 2.24) is 10.2 Å². The van der Waals surface area contributed by atoms with Crippen LogP contribution in [-0.4, -0.2) is 50.0 Å². The quantitative estimate of drug-likeness (QED) is 0.296. The van der Waals surface area contributed by atoms with Crippen molar-refractivity contribution >= 4 is 85.5 Å². The maximum Gasteiger partial charge on any atom is 0.244 e. The first-order chi connectivity index (χ1) is 17.8. The van der Waals surface area contributed by atoms with Crippen molar-refractivity contribution in [3.05, 3.63) is 61.0 Å². The molecule has 13 heteroatoms. The molecule has 0 saturated heterocycles. The highest BCUT2D eigenvalue weighted by Gasteiger charge is 2.34. The number of anilines is 1. The van der Waals surface area contributed by atoms with Crippen molar-refractivity contribution < 1.29 is 18.0 Å². The second-order valence-corrected chi connectivity index (χ2v) is 13.1. The van der Waals surface area contributed by atoms with Crippen molar-refractivity contribution in [2.45, 2.75) is 57.7 Å². The Balaban J connectivity index is 2.01. The third-order valence-electron chi connectivity index (χ3n) is 6.42. The molecular formula is C25H28Cl5N3O4S. The van der Waals surface area contributed by atoms with E-state index < -0.39 is 28.5 Å². The fraction of sp³-hybridized carbons (Fsp3) is 0.440. The monoisotopic (exact) mass is 641 g/mol. The van der Waals surface area contributed by atoms with E-state index in [1.54, 1.807) is 25.1 Å². The van der Waals surface area contributed by atoms with Gasteiger partial charge in [-0.1, -0.05) is 83.8 Å². The van der Waals surface area contributed by atoms with Gasteiger partial charge >= 0.3 is 0 Å². The van der Waals surface area contributed by atoms with Crippen molar-refractivity contribution in [1.29, 1.82) is 0 Å². The SMILES string of the molecule is CC[C@@H](C(=O)NC1CCCC1)N(Cc1c(Cl)cccc1Cl)C(=O)CN(c1cc(Cl)c(Cl)cc1Cl)S(C)(=O)=O. The molecule has 1 saturated carbocycles. The predicted molar refractivity (Wildman–Crippen MR) is 155 cm³/mol. The molecule has 0 bridgehead atoms. The van der Waals surface area contributed by atoms with E-state index in [1.165, 1.54) is 17.0 Å². The van der Waals surface area contributed by atoms with Crippen LogP contribution in [-0.2, 0) is 26.2 Å². The molecule has 0 spiro atoms. The lowest BCUT2D eigenvalue weighted by molar-refractivity contribution is -0.140. The zero-order valence-corrected chi connectivity index (χ0v) is 25.4. The van der Waals surface area contributed by atoms with Gasteiger partial charge in [0.2, 0.25) is 21.8 Å². The molecular weight excluding hydrogens is 616 g/mol. The molecule has 0 heterocycles. The highest BCUT2D eigenvalue weighted by molar-refractivity contribution is 7.92. The van der Waals surface area contributed by atoms with Crippen LogP contribution in [0.3, 0.4) is 0 Å². The van der Waals surface area contributed by atoms with Crippen LogP contribution < -0.4 is 9.62 Å². The van der Waals surface area contributed by atoms with Crippen molar-refractivity contribution in [3.8, 4) is 0 Å². The van der Waals surface area contributed by atoms with E-state index >= 15 is 0 Å². The Labute approximate surface area is 248 Å². The summed E-state index contributed by atoms with van der Waals surface area (Å²) in [6.45, 7) is 1.02. The molecule has 1 fully saturated rings. The fourth-order valence-electron chi connectivity index (χ4n) is 4.44. The Hall–Kier alpha value is -1.42. The van der Waals surface area contributed by atoms with E-state index in [1.807, 2.05) is 0 Å². The molecule has 38 heavy (non-hydrogen) atoms. The van der Waals surface area contributed by atoms with Crippen LogP contribution in [0, 0.1) is 0 Å². The van der Waals surface area contributed by atoms with Crippen LogP contribution in [0.2, 0.25) is 25.1 Å². The number of nitrogens with zero attached hydrogens (tertiary/aromatic N) is 2. The zero-order chi connectivity index (χ0) is 28.2. The van der Waals surface area contributed by atoms with Gasteiger partial charge in [0.25, 0.3) is 0 Å². The van der Waals surface area contributed by atoms with Crippen LogP contribution in [0.25, 0.3) is 0 Å². The maximum absolute atomic E-state index is 13.9. The number of carbonyl (C=O) groups is 2. The molecule has 1 atom stereocenters.